The maximum atomic E-state index is 13.8. The topological polar surface area (TPSA) is 61.4 Å². The molecule has 0 radical (unpaired) electrons. The normalized spacial score (nSPS) is 16.5. The molecule has 0 aliphatic carbocycles. The second-order valence-corrected chi connectivity index (χ2v) is 8.51. The Balaban J connectivity index is 1.36. The van der Waals surface area contributed by atoms with Crippen molar-refractivity contribution in [3.63, 3.8) is 0 Å². The molecular weight excluding hydrogens is 444 g/mol. The number of nitrogens with zero attached hydrogens (tertiary/aromatic N) is 4. The first-order valence-electron chi connectivity index (χ1n) is 9.73. The predicted octanol–water partition coefficient (Wildman–Crippen LogP) is 4.80. The smallest absolute Gasteiger partial charge is 0.322 e. The maximum absolute atomic E-state index is 13.8. The van der Waals surface area contributed by atoms with E-state index in [1.54, 1.807) is 4.90 Å². The quantitative estimate of drug-likeness (QED) is 0.603. The second kappa shape index (κ2) is 9.15. The minimum atomic E-state index is -0.804. The summed E-state index contributed by atoms with van der Waals surface area (Å²) in [7, 11) is 0. The molecule has 1 unspecified atom stereocenters. The van der Waals surface area contributed by atoms with E-state index < -0.39 is 17.7 Å². The molecule has 6 nitrogen and oxygen atoms in total. The van der Waals surface area contributed by atoms with Crippen LogP contribution in [0.1, 0.15) is 18.3 Å². The lowest BCUT2D eigenvalue weighted by Crippen LogP contribution is -2.55. The third-order valence-electron chi connectivity index (χ3n) is 5.06. The number of amides is 2. The lowest BCUT2D eigenvalue weighted by molar-refractivity contribution is 0.184. The van der Waals surface area contributed by atoms with Crippen molar-refractivity contribution in [2.45, 2.75) is 19.4 Å². The van der Waals surface area contributed by atoms with Gasteiger partial charge in [0.2, 0.25) is 5.13 Å². The summed E-state index contributed by atoms with van der Waals surface area (Å²) in [6.07, 6.45) is 0.620. The predicted molar refractivity (Wildman–Crippen MR) is 118 cm³/mol. The van der Waals surface area contributed by atoms with Crippen LogP contribution in [0.3, 0.4) is 0 Å². The number of hydrogen-bond donors (Lipinski definition) is 1. The lowest BCUT2D eigenvalue weighted by atomic mass is 10.1. The Kier molecular flexibility index (Phi) is 6.33. The number of piperazine rings is 1. The van der Waals surface area contributed by atoms with Gasteiger partial charge in [-0.1, -0.05) is 23.7 Å². The summed E-state index contributed by atoms with van der Waals surface area (Å²) in [6, 6.07) is 10.1. The van der Waals surface area contributed by atoms with Gasteiger partial charge in [0.25, 0.3) is 0 Å². The summed E-state index contributed by atoms with van der Waals surface area (Å²) in [6.45, 7) is 3.53. The highest BCUT2D eigenvalue weighted by molar-refractivity contribution is 7.09. The Morgan fingerprint density at radius 3 is 2.71 bits per heavy atom. The molecule has 2 amide bonds. The van der Waals surface area contributed by atoms with Crippen molar-refractivity contribution in [3.8, 4) is 0 Å². The molecule has 1 aliphatic heterocycles. The van der Waals surface area contributed by atoms with Gasteiger partial charge < -0.3 is 15.1 Å². The fourth-order valence-electron chi connectivity index (χ4n) is 3.44. The van der Waals surface area contributed by atoms with Gasteiger partial charge in [0.05, 0.1) is 5.69 Å². The average Bonchev–Trinajstić information content (AvgIpc) is 3.20. The third-order valence-corrected chi connectivity index (χ3v) is 6.13. The van der Waals surface area contributed by atoms with Crippen LogP contribution in [0.4, 0.5) is 24.4 Å². The summed E-state index contributed by atoms with van der Waals surface area (Å²) < 4.78 is 31.3. The molecule has 2 aromatic carbocycles. The SMILES string of the molecule is CC1CN(c2nc(Cc3ccc(Cl)cc3)ns2)CCN1C(=O)Nc1ccc(F)cc1F. The third kappa shape index (κ3) is 5.11. The Morgan fingerprint density at radius 2 is 2.00 bits per heavy atom. The number of halogens is 3. The van der Waals surface area contributed by atoms with Crippen LogP contribution in [-0.2, 0) is 6.42 Å². The van der Waals surface area contributed by atoms with E-state index in [4.69, 9.17) is 11.6 Å². The number of carbonyl (C=O) groups excluding carboxylic acids is 1. The molecule has 10 heteroatoms. The first-order valence-corrected chi connectivity index (χ1v) is 10.9. The van der Waals surface area contributed by atoms with Crippen molar-refractivity contribution in [2.75, 3.05) is 29.9 Å². The largest absolute Gasteiger partial charge is 0.343 e. The van der Waals surface area contributed by atoms with E-state index in [1.807, 2.05) is 31.2 Å². The lowest BCUT2D eigenvalue weighted by Gasteiger charge is -2.39. The van der Waals surface area contributed by atoms with Gasteiger partial charge in [-0.2, -0.15) is 4.37 Å². The molecule has 1 atom stereocenters. The molecule has 0 bridgehead atoms. The number of anilines is 2. The van der Waals surface area contributed by atoms with Crippen LogP contribution in [0.5, 0.6) is 0 Å². The average molecular weight is 464 g/mol. The van der Waals surface area contributed by atoms with Crippen LogP contribution in [-0.4, -0.2) is 46.0 Å². The van der Waals surface area contributed by atoms with Gasteiger partial charge in [-0.3, -0.25) is 0 Å². The number of urea groups is 1. The summed E-state index contributed by atoms with van der Waals surface area (Å²) in [5, 5.41) is 4.01. The first-order chi connectivity index (χ1) is 14.9. The van der Waals surface area contributed by atoms with Crippen LogP contribution in [0, 0.1) is 11.6 Å². The molecule has 0 spiro atoms. The zero-order valence-corrected chi connectivity index (χ0v) is 18.3. The fourth-order valence-corrected chi connectivity index (χ4v) is 4.29. The van der Waals surface area contributed by atoms with Gasteiger partial charge >= 0.3 is 6.03 Å². The van der Waals surface area contributed by atoms with Crippen LogP contribution < -0.4 is 10.2 Å². The fraction of sp³-hybridized carbons (Fsp3) is 0.286. The van der Waals surface area contributed by atoms with Crippen LogP contribution in [0.15, 0.2) is 42.5 Å². The summed E-state index contributed by atoms with van der Waals surface area (Å²) in [4.78, 5) is 21.0. The number of nitrogens with one attached hydrogen (secondary N) is 1. The van der Waals surface area contributed by atoms with Crippen LogP contribution in [0.25, 0.3) is 0 Å². The van der Waals surface area contributed by atoms with Gasteiger partial charge in [0.15, 0.2) is 0 Å². The molecule has 162 valence electrons. The zero-order chi connectivity index (χ0) is 22.0. The molecule has 1 aliphatic rings. The summed E-state index contributed by atoms with van der Waals surface area (Å²) >= 11 is 7.26. The van der Waals surface area contributed by atoms with E-state index in [0.717, 1.165) is 28.7 Å². The number of hydrogen-bond acceptors (Lipinski definition) is 5. The second-order valence-electron chi connectivity index (χ2n) is 7.34. The highest BCUT2D eigenvalue weighted by atomic mass is 35.5. The highest BCUT2D eigenvalue weighted by Gasteiger charge is 2.29. The monoisotopic (exact) mass is 463 g/mol. The summed E-state index contributed by atoms with van der Waals surface area (Å²) in [5.41, 5.74) is 1.04. The van der Waals surface area contributed by atoms with Crippen LogP contribution >= 0.6 is 23.1 Å². The van der Waals surface area contributed by atoms with Gasteiger partial charge in [-0.25, -0.2) is 18.6 Å². The van der Waals surface area contributed by atoms with Crippen molar-refractivity contribution in [3.05, 3.63) is 70.5 Å². The Bertz CT molecular complexity index is 1080. The molecule has 1 saturated heterocycles. The van der Waals surface area contributed by atoms with E-state index in [2.05, 4.69) is 19.6 Å². The van der Waals surface area contributed by atoms with Crippen LogP contribution in [0.2, 0.25) is 5.02 Å². The number of benzene rings is 2. The van der Waals surface area contributed by atoms with Gasteiger partial charge in [-0.05, 0) is 36.8 Å². The van der Waals surface area contributed by atoms with Gasteiger partial charge in [0.1, 0.15) is 17.5 Å². The molecule has 1 fully saturated rings. The molecule has 31 heavy (non-hydrogen) atoms. The highest BCUT2D eigenvalue weighted by Crippen LogP contribution is 2.24. The molecule has 1 N–H and O–H groups in total. The molecule has 4 rings (SSSR count). The zero-order valence-electron chi connectivity index (χ0n) is 16.7. The minimum Gasteiger partial charge on any atom is -0.343 e. The number of carbonyl (C=O) groups is 1. The molecule has 0 saturated carbocycles. The molecular formula is C21H20ClF2N5OS. The van der Waals surface area contributed by atoms with Crippen molar-refractivity contribution >= 4 is 40.0 Å². The van der Waals surface area contributed by atoms with E-state index in [0.29, 0.717) is 31.1 Å². The molecule has 1 aromatic heterocycles. The van der Waals surface area contributed by atoms with E-state index in [9.17, 15) is 13.6 Å². The Hall–Kier alpha value is -2.78. The van der Waals surface area contributed by atoms with Crippen molar-refractivity contribution in [1.29, 1.82) is 0 Å². The van der Waals surface area contributed by atoms with Crippen molar-refractivity contribution in [1.82, 2.24) is 14.3 Å². The minimum absolute atomic E-state index is 0.0444. The number of rotatable bonds is 4. The number of aromatic nitrogens is 2. The van der Waals surface area contributed by atoms with Crippen molar-refractivity contribution in [2.24, 2.45) is 0 Å². The molecule has 2 heterocycles. The van der Waals surface area contributed by atoms with E-state index in [-0.39, 0.29) is 11.7 Å². The van der Waals surface area contributed by atoms with Gasteiger partial charge in [-0.15, -0.1) is 0 Å². The Morgan fingerprint density at radius 1 is 1.23 bits per heavy atom. The summed E-state index contributed by atoms with van der Waals surface area (Å²) in [5.74, 6) is -0.756. The van der Waals surface area contributed by atoms with Gasteiger partial charge in [0, 0.05) is 54.7 Å². The molecule has 3 aromatic rings. The van der Waals surface area contributed by atoms with E-state index >= 15 is 0 Å². The van der Waals surface area contributed by atoms with Crippen molar-refractivity contribution < 1.29 is 13.6 Å². The standard InChI is InChI=1S/C21H20ClF2N5OS/c1-13-12-28(21-26-19(27-31-21)10-14-2-4-15(22)5-3-14)8-9-29(13)20(30)25-18-7-6-16(23)11-17(18)24/h2-7,11,13H,8-10,12H2,1H3,(H,25,30). The maximum Gasteiger partial charge on any atom is 0.322 e. The Labute approximate surface area is 187 Å². The van der Waals surface area contributed by atoms with E-state index in [1.165, 1.54) is 17.6 Å². The first kappa shape index (κ1) is 21.5.